The van der Waals surface area contributed by atoms with E-state index < -0.39 is 52.8 Å². The largest absolute Gasteiger partial charge is 0.416 e. The lowest BCUT2D eigenvalue weighted by atomic mass is 9.83. The summed E-state index contributed by atoms with van der Waals surface area (Å²) in [6.45, 7) is 0. The highest BCUT2D eigenvalue weighted by Crippen LogP contribution is 2.38. The van der Waals surface area contributed by atoms with E-state index in [1.807, 2.05) is 0 Å². The third-order valence-corrected chi connectivity index (χ3v) is 2.12. The fourth-order valence-corrected chi connectivity index (χ4v) is 1.29. The summed E-state index contributed by atoms with van der Waals surface area (Å²) in [6.07, 6.45) is -16.2. The number of halogens is 9. The molecule has 0 amide bonds. The van der Waals surface area contributed by atoms with E-state index in [0.717, 1.165) is 0 Å². The second-order valence-corrected chi connectivity index (χ2v) is 3.48. The zero-order chi connectivity index (χ0) is 15.2. The van der Waals surface area contributed by atoms with Crippen molar-refractivity contribution in [1.29, 1.82) is 0 Å². The van der Waals surface area contributed by atoms with E-state index in [4.69, 9.17) is 0 Å². The maximum atomic E-state index is 12.4. The van der Waals surface area contributed by atoms with Gasteiger partial charge in [-0.2, -0.15) is 39.5 Å². The maximum absolute atomic E-state index is 12.4. The zero-order valence-electron chi connectivity index (χ0n) is 8.63. The van der Waals surface area contributed by atoms with Gasteiger partial charge in [0.15, 0.2) is 0 Å². The van der Waals surface area contributed by atoms with Gasteiger partial charge in [0.25, 0.3) is 0 Å². The molecule has 104 valence electrons. The molecule has 19 heavy (non-hydrogen) atoms. The van der Waals surface area contributed by atoms with Crippen LogP contribution in [0.3, 0.4) is 0 Å². The molecule has 1 rings (SSSR count). The molecule has 0 aliphatic rings. The van der Waals surface area contributed by atoms with Crippen molar-refractivity contribution in [3.8, 4) is 0 Å². The molecule has 0 heterocycles. The lowest BCUT2D eigenvalue weighted by molar-refractivity contribution is -0.147. The van der Waals surface area contributed by atoms with Gasteiger partial charge >= 0.3 is 18.5 Å². The van der Waals surface area contributed by atoms with E-state index in [0.29, 0.717) is 0 Å². The van der Waals surface area contributed by atoms with E-state index in [9.17, 15) is 39.5 Å². The van der Waals surface area contributed by atoms with Crippen LogP contribution in [-0.2, 0) is 18.5 Å². The van der Waals surface area contributed by atoms with Crippen LogP contribution < -0.4 is 5.46 Å². The first-order valence-electron chi connectivity index (χ1n) is 4.39. The summed E-state index contributed by atoms with van der Waals surface area (Å²) >= 11 is 0. The SMILES string of the molecule is [B]c1c(C(F)(F)F)cc(C(F)(F)F)cc1C(F)(F)F. The average molecular weight is 292 g/mol. The molecule has 0 saturated heterocycles. The number of rotatable bonds is 0. The summed E-state index contributed by atoms with van der Waals surface area (Å²) < 4.78 is 111. The highest BCUT2D eigenvalue weighted by molar-refractivity contribution is 6.34. The molecule has 0 aliphatic heterocycles. The van der Waals surface area contributed by atoms with Crippen molar-refractivity contribution in [2.24, 2.45) is 0 Å². The van der Waals surface area contributed by atoms with Crippen LogP contribution in [0.4, 0.5) is 39.5 Å². The molecule has 10 heteroatoms. The van der Waals surface area contributed by atoms with E-state index in [2.05, 4.69) is 7.85 Å². The second-order valence-electron chi connectivity index (χ2n) is 3.48. The summed E-state index contributed by atoms with van der Waals surface area (Å²) in [6, 6.07) is -0.908. The molecule has 2 radical (unpaired) electrons. The molecular formula is C9H2BF9. The van der Waals surface area contributed by atoms with Gasteiger partial charge in [-0.1, -0.05) is 5.46 Å². The molecule has 0 unspecified atom stereocenters. The molecule has 0 nitrogen and oxygen atoms in total. The predicted molar refractivity (Wildman–Crippen MR) is 46.8 cm³/mol. The Labute approximate surface area is 101 Å². The van der Waals surface area contributed by atoms with E-state index >= 15 is 0 Å². The highest BCUT2D eigenvalue weighted by Gasteiger charge is 2.43. The van der Waals surface area contributed by atoms with Crippen LogP contribution in [0.2, 0.25) is 0 Å². The molecule has 0 aromatic heterocycles. The van der Waals surface area contributed by atoms with Gasteiger partial charge < -0.3 is 0 Å². The van der Waals surface area contributed by atoms with Crippen LogP contribution in [0.15, 0.2) is 12.1 Å². The third kappa shape index (κ3) is 3.35. The number of hydrogen-bond acceptors (Lipinski definition) is 0. The van der Waals surface area contributed by atoms with Gasteiger partial charge in [-0.25, -0.2) is 0 Å². The maximum Gasteiger partial charge on any atom is 0.416 e. The number of benzene rings is 1. The standard InChI is InChI=1S/C9H2BF9/c10-6-4(8(14,15)16)1-3(7(11,12)13)2-5(6)9(17,18)19/h1-2H. The van der Waals surface area contributed by atoms with Crippen molar-refractivity contribution in [3.63, 3.8) is 0 Å². The van der Waals surface area contributed by atoms with Crippen molar-refractivity contribution in [1.82, 2.24) is 0 Å². The van der Waals surface area contributed by atoms with Crippen LogP contribution >= 0.6 is 0 Å². The van der Waals surface area contributed by atoms with Gasteiger partial charge in [-0.3, -0.25) is 0 Å². The van der Waals surface area contributed by atoms with Crippen molar-refractivity contribution in [2.75, 3.05) is 0 Å². The van der Waals surface area contributed by atoms with Gasteiger partial charge in [0.1, 0.15) is 7.85 Å². The summed E-state index contributed by atoms with van der Waals surface area (Å²) in [4.78, 5) is 0. The van der Waals surface area contributed by atoms with Crippen molar-refractivity contribution in [3.05, 3.63) is 28.8 Å². The van der Waals surface area contributed by atoms with Crippen LogP contribution in [0.25, 0.3) is 0 Å². The fourth-order valence-electron chi connectivity index (χ4n) is 1.29. The second kappa shape index (κ2) is 4.34. The lowest BCUT2D eigenvalue weighted by Crippen LogP contribution is -2.29. The smallest absolute Gasteiger partial charge is 0.166 e. The zero-order valence-corrected chi connectivity index (χ0v) is 8.63. The molecule has 1 aromatic carbocycles. The first-order chi connectivity index (χ1) is 8.24. The van der Waals surface area contributed by atoms with E-state index in [1.54, 1.807) is 0 Å². The van der Waals surface area contributed by atoms with Crippen LogP contribution in [-0.4, -0.2) is 7.85 Å². The number of hydrogen-bond donors (Lipinski definition) is 0. The topological polar surface area (TPSA) is 0 Å². The summed E-state index contributed by atoms with van der Waals surface area (Å²) in [5, 5.41) is 0. The summed E-state index contributed by atoms with van der Waals surface area (Å²) in [7, 11) is 4.66. The van der Waals surface area contributed by atoms with Gasteiger partial charge in [0, 0.05) is 11.1 Å². The first-order valence-corrected chi connectivity index (χ1v) is 4.39. The Morgan fingerprint density at radius 2 is 0.947 bits per heavy atom. The minimum absolute atomic E-state index is 0.454. The molecule has 0 atom stereocenters. The molecule has 1 aromatic rings. The minimum atomic E-state index is -5.43. The third-order valence-electron chi connectivity index (χ3n) is 2.12. The average Bonchev–Trinajstić information content (AvgIpc) is 2.11. The molecule has 0 fully saturated rings. The van der Waals surface area contributed by atoms with Crippen molar-refractivity contribution in [2.45, 2.75) is 18.5 Å². The highest BCUT2D eigenvalue weighted by atomic mass is 19.4. The summed E-state index contributed by atoms with van der Waals surface area (Å²) in [5.41, 5.74) is -8.20. The van der Waals surface area contributed by atoms with Crippen molar-refractivity contribution < 1.29 is 39.5 Å². The first kappa shape index (κ1) is 15.7. The molecule has 0 spiro atoms. The van der Waals surface area contributed by atoms with Crippen LogP contribution in [0.1, 0.15) is 16.7 Å². The Balaban J connectivity index is 3.68. The molecule has 0 saturated carbocycles. The number of alkyl halides is 9. The van der Waals surface area contributed by atoms with Gasteiger partial charge in [0.2, 0.25) is 0 Å². The normalized spacial score (nSPS) is 13.7. The fraction of sp³-hybridized carbons (Fsp3) is 0.333. The predicted octanol–water partition coefficient (Wildman–Crippen LogP) is 3.54. The van der Waals surface area contributed by atoms with E-state index in [1.165, 1.54) is 0 Å². The molecule has 0 aliphatic carbocycles. The monoisotopic (exact) mass is 292 g/mol. The minimum Gasteiger partial charge on any atom is -0.166 e. The Morgan fingerprint density at radius 1 is 0.632 bits per heavy atom. The molecule has 0 bridgehead atoms. The molecule has 0 N–H and O–H groups in total. The van der Waals surface area contributed by atoms with Crippen molar-refractivity contribution >= 4 is 13.3 Å². The van der Waals surface area contributed by atoms with Crippen LogP contribution in [0, 0.1) is 0 Å². The van der Waals surface area contributed by atoms with Crippen LogP contribution in [0.5, 0.6) is 0 Å². The Bertz CT molecular complexity index is 445. The Kier molecular flexibility index (Phi) is 3.59. The quantitative estimate of drug-likeness (QED) is 0.507. The van der Waals surface area contributed by atoms with E-state index in [-0.39, 0.29) is 0 Å². The van der Waals surface area contributed by atoms with Gasteiger partial charge in [0.05, 0.1) is 5.56 Å². The summed E-state index contributed by atoms with van der Waals surface area (Å²) in [5.74, 6) is 0. The Morgan fingerprint density at radius 3 is 1.16 bits per heavy atom. The van der Waals surface area contributed by atoms with Gasteiger partial charge in [-0.05, 0) is 12.1 Å². The Hall–Kier alpha value is -1.35. The molecular weight excluding hydrogens is 290 g/mol. The van der Waals surface area contributed by atoms with Gasteiger partial charge in [-0.15, -0.1) is 0 Å². The lowest BCUT2D eigenvalue weighted by Gasteiger charge is -2.19.